The summed E-state index contributed by atoms with van der Waals surface area (Å²) < 4.78 is 10.3. The van der Waals surface area contributed by atoms with E-state index in [1.54, 1.807) is 32.4 Å². The Balaban J connectivity index is 2.19. The summed E-state index contributed by atoms with van der Waals surface area (Å²) in [5.74, 6) is -0.911. The fourth-order valence-corrected chi connectivity index (χ4v) is 2.99. The summed E-state index contributed by atoms with van der Waals surface area (Å²) in [6, 6.07) is 13.6. The van der Waals surface area contributed by atoms with Gasteiger partial charge in [0.15, 0.2) is 0 Å². The smallest absolute Gasteiger partial charge is 0.335 e. The Bertz CT molecular complexity index is 736. The van der Waals surface area contributed by atoms with Gasteiger partial charge in [0.2, 0.25) is 0 Å². The van der Waals surface area contributed by atoms with Gasteiger partial charge in [0.1, 0.15) is 0 Å². The first kappa shape index (κ1) is 20.9. The zero-order chi connectivity index (χ0) is 19.5. The first-order valence-electron chi connectivity index (χ1n) is 9.24. The van der Waals surface area contributed by atoms with Crippen molar-refractivity contribution in [3.05, 3.63) is 70.3 Å². The number of methoxy groups -OCH3 is 2. The van der Waals surface area contributed by atoms with Gasteiger partial charge in [-0.05, 0) is 60.1 Å². The predicted molar refractivity (Wildman–Crippen MR) is 109 cm³/mol. The number of carbonyl (C=O) groups is 1. The van der Waals surface area contributed by atoms with Crippen molar-refractivity contribution in [3.8, 4) is 0 Å². The molecule has 0 amide bonds. The van der Waals surface area contributed by atoms with Crippen LogP contribution >= 0.6 is 0 Å². The highest BCUT2D eigenvalue weighted by molar-refractivity contribution is 5.88. The van der Waals surface area contributed by atoms with Gasteiger partial charge < -0.3 is 14.6 Å². The molecular formula is C23H28O4. The molecule has 4 nitrogen and oxygen atoms in total. The molecule has 2 aromatic carbocycles. The Labute approximate surface area is 161 Å². The monoisotopic (exact) mass is 368 g/mol. The van der Waals surface area contributed by atoms with Crippen LogP contribution in [0.1, 0.15) is 45.5 Å². The molecule has 0 saturated carbocycles. The Morgan fingerprint density at radius 1 is 0.889 bits per heavy atom. The van der Waals surface area contributed by atoms with Crippen LogP contribution in [-0.2, 0) is 22.3 Å². The van der Waals surface area contributed by atoms with Gasteiger partial charge in [0, 0.05) is 27.4 Å². The van der Waals surface area contributed by atoms with Gasteiger partial charge in [-0.3, -0.25) is 0 Å². The largest absolute Gasteiger partial charge is 0.478 e. The number of aromatic carboxylic acids is 1. The third kappa shape index (κ3) is 7.37. The molecule has 0 spiro atoms. The number of aryl methyl sites for hydroxylation is 2. The molecule has 0 atom stereocenters. The summed E-state index contributed by atoms with van der Waals surface area (Å²) in [6.45, 7) is 1.50. The predicted octanol–water partition coefficient (Wildman–Crippen LogP) is 4.71. The topological polar surface area (TPSA) is 55.8 Å². The first-order chi connectivity index (χ1) is 13.1. The Kier molecular flexibility index (Phi) is 8.75. The van der Waals surface area contributed by atoms with Crippen LogP contribution in [0, 0.1) is 0 Å². The number of carboxylic acids is 1. The maximum atomic E-state index is 11.1. The van der Waals surface area contributed by atoms with Gasteiger partial charge in [-0.15, -0.1) is 0 Å². The van der Waals surface area contributed by atoms with Crippen LogP contribution in [0.4, 0.5) is 0 Å². The summed E-state index contributed by atoms with van der Waals surface area (Å²) in [7, 11) is 3.45. The van der Waals surface area contributed by atoms with Crippen LogP contribution in [-0.4, -0.2) is 38.5 Å². The zero-order valence-corrected chi connectivity index (χ0v) is 16.1. The van der Waals surface area contributed by atoms with E-state index in [1.165, 1.54) is 11.1 Å². The molecule has 2 aromatic rings. The number of carboxylic acid groups (broad SMARTS) is 1. The van der Waals surface area contributed by atoms with Crippen molar-refractivity contribution in [1.82, 2.24) is 0 Å². The minimum atomic E-state index is -0.911. The molecule has 0 radical (unpaired) electrons. The maximum Gasteiger partial charge on any atom is 0.335 e. The molecule has 0 unspecified atom stereocenters. The molecule has 27 heavy (non-hydrogen) atoms. The van der Waals surface area contributed by atoms with Gasteiger partial charge in [0.05, 0.1) is 5.56 Å². The summed E-state index contributed by atoms with van der Waals surface area (Å²) in [5.41, 5.74) is 4.88. The van der Waals surface area contributed by atoms with Gasteiger partial charge in [-0.2, -0.15) is 0 Å². The molecule has 4 heteroatoms. The van der Waals surface area contributed by atoms with Crippen molar-refractivity contribution in [3.63, 3.8) is 0 Å². The highest BCUT2D eigenvalue weighted by Crippen LogP contribution is 2.17. The number of ether oxygens (including phenoxy) is 2. The molecule has 0 fully saturated rings. The van der Waals surface area contributed by atoms with Gasteiger partial charge in [0.25, 0.3) is 0 Å². The quantitative estimate of drug-likeness (QED) is 0.461. The van der Waals surface area contributed by atoms with Crippen LogP contribution in [0.15, 0.2) is 42.5 Å². The standard InChI is InChI=1S/C23H28O4/c1-26-12-4-7-19-14-20(8-5-13-27-2)16-21(15-19)11-10-18-6-3-9-22(17-18)23(24)25/h3,6,9-11,14-17H,4-5,7-8,12-13H2,1-2H3,(H,24,25). The molecule has 2 rings (SSSR count). The second-order valence-electron chi connectivity index (χ2n) is 6.54. The van der Waals surface area contributed by atoms with E-state index in [4.69, 9.17) is 14.6 Å². The van der Waals surface area contributed by atoms with Gasteiger partial charge in [-0.1, -0.05) is 42.5 Å². The molecule has 0 bridgehead atoms. The van der Waals surface area contributed by atoms with Crippen LogP contribution in [0.25, 0.3) is 12.2 Å². The van der Waals surface area contributed by atoms with Crippen molar-refractivity contribution in [2.45, 2.75) is 25.7 Å². The highest BCUT2D eigenvalue weighted by Gasteiger charge is 2.03. The van der Waals surface area contributed by atoms with E-state index in [9.17, 15) is 4.79 Å². The zero-order valence-electron chi connectivity index (χ0n) is 16.1. The molecule has 0 aromatic heterocycles. The van der Waals surface area contributed by atoms with Crippen molar-refractivity contribution < 1.29 is 19.4 Å². The maximum absolute atomic E-state index is 11.1. The van der Waals surface area contributed by atoms with E-state index >= 15 is 0 Å². The lowest BCUT2D eigenvalue weighted by Gasteiger charge is -2.08. The van der Waals surface area contributed by atoms with E-state index in [0.29, 0.717) is 5.56 Å². The average molecular weight is 368 g/mol. The van der Waals surface area contributed by atoms with Crippen molar-refractivity contribution in [2.75, 3.05) is 27.4 Å². The molecule has 0 saturated heterocycles. The molecule has 0 heterocycles. The Morgan fingerprint density at radius 2 is 1.48 bits per heavy atom. The summed E-state index contributed by atoms with van der Waals surface area (Å²) in [4.78, 5) is 11.1. The lowest BCUT2D eigenvalue weighted by Crippen LogP contribution is -1.97. The summed E-state index contributed by atoms with van der Waals surface area (Å²) >= 11 is 0. The number of benzene rings is 2. The second-order valence-corrected chi connectivity index (χ2v) is 6.54. The van der Waals surface area contributed by atoms with Gasteiger partial charge in [-0.25, -0.2) is 4.79 Å². The molecule has 0 aliphatic rings. The van der Waals surface area contributed by atoms with E-state index in [1.807, 2.05) is 18.2 Å². The minimum Gasteiger partial charge on any atom is -0.478 e. The van der Waals surface area contributed by atoms with Crippen molar-refractivity contribution in [1.29, 1.82) is 0 Å². The average Bonchev–Trinajstić information content (AvgIpc) is 2.67. The van der Waals surface area contributed by atoms with E-state index in [-0.39, 0.29) is 0 Å². The Morgan fingerprint density at radius 3 is 2.04 bits per heavy atom. The highest BCUT2D eigenvalue weighted by atomic mass is 16.5. The third-order valence-corrected chi connectivity index (χ3v) is 4.30. The fraction of sp³-hybridized carbons (Fsp3) is 0.348. The second kappa shape index (κ2) is 11.3. The number of hydrogen-bond donors (Lipinski definition) is 1. The molecule has 144 valence electrons. The lowest BCUT2D eigenvalue weighted by atomic mass is 9.99. The molecular weight excluding hydrogens is 340 g/mol. The van der Waals surface area contributed by atoms with E-state index in [0.717, 1.165) is 50.0 Å². The number of hydrogen-bond acceptors (Lipinski definition) is 3. The lowest BCUT2D eigenvalue weighted by molar-refractivity contribution is 0.0697. The number of rotatable bonds is 11. The van der Waals surface area contributed by atoms with Gasteiger partial charge >= 0.3 is 5.97 Å². The van der Waals surface area contributed by atoms with Crippen LogP contribution in [0.2, 0.25) is 0 Å². The minimum absolute atomic E-state index is 0.297. The third-order valence-electron chi connectivity index (χ3n) is 4.30. The summed E-state index contributed by atoms with van der Waals surface area (Å²) in [5, 5.41) is 9.13. The fourth-order valence-electron chi connectivity index (χ4n) is 2.99. The molecule has 1 N–H and O–H groups in total. The van der Waals surface area contributed by atoms with Crippen molar-refractivity contribution >= 4 is 18.1 Å². The summed E-state index contributed by atoms with van der Waals surface area (Å²) in [6.07, 6.45) is 7.92. The van der Waals surface area contributed by atoms with Crippen LogP contribution in [0.3, 0.4) is 0 Å². The van der Waals surface area contributed by atoms with Crippen LogP contribution in [0.5, 0.6) is 0 Å². The SMILES string of the molecule is COCCCc1cc(C=Cc2cccc(C(=O)O)c2)cc(CCCOC)c1. The van der Waals surface area contributed by atoms with Crippen LogP contribution < -0.4 is 0 Å². The van der Waals surface area contributed by atoms with Crippen molar-refractivity contribution in [2.24, 2.45) is 0 Å². The molecule has 0 aliphatic carbocycles. The first-order valence-corrected chi connectivity index (χ1v) is 9.24. The normalized spacial score (nSPS) is 11.2. The Hall–Kier alpha value is -2.43. The van der Waals surface area contributed by atoms with E-state index in [2.05, 4.69) is 18.2 Å². The van der Waals surface area contributed by atoms with E-state index < -0.39 is 5.97 Å². The molecule has 0 aliphatic heterocycles.